The molecule has 0 aromatic heterocycles. The molecule has 0 saturated heterocycles. The normalized spacial score (nSPS) is 12.9. The molecule has 1 aromatic carbocycles. The Kier molecular flexibility index (Phi) is 8.15. The molecule has 3 heteroatoms. The van der Waals surface area contributed by atoms with Gasteiger partial charge in [-0.3, -0.25) is 0 Å². The molecule has 1 atom stereocenters. The van der Waals surface area contributed by atoms with Crippen LogP contribution in [-0.4, -0.2) is 18.3 Å². The van der Waals surface area contributed by atoms with Crippen molar-refractivity contribution < 1.29 is 4.39 Å². The largest absolute Gasteiger partial charge is 0.313 e. The molecule has 0 saturated carbocycles. The second kappa shape index (κ2) is 9.38. The fourth-order valence-electron chi connectivity index (χ4n) is 1.88. The third-order valence-corrected chi connectivity index (χ3v) is 4.26. The van der Waals surface area contributed by atoms with E-state index < -0.39 is 0 Å². The number of thioether (sulfide) groups is 1. The Morgan fingerprint density at radius 1 is 1.21 bits per heavy atom. The first-order valence-corrected chi connectivity index (χ1v) is 8.22. The number of nitrogens with one attached hydrogen (secondary N) is 1. The lowest BCUT2D eigenvalue weighted by atomic mass is 10.0. The Morgan fingerprint density at radius 2 is 1.95 bits per heavy atom. The molecule has 1 rings (SSSR count). The molecular formula is C16H26FNS. The fraction of sp³-hybridized carbons (Fsp3) is 0.625. The van der Waals surface area contributed by atoms with Gasteiger partial charge in [0.25, 0.3) is 0 Å². The van der Waals surface area contributed by atoms with E-state index in [1.165, 1.54) is 18.9 Å². The van der Waals surface area contributed by atoms with Crippen LogP contribution >= 0.6 is 11.8 Å². The second-order valence-corrected chi connectivity index (χ2v) is 6.43. The van der Waals surface area contributed by atoms with Crippen LogP contribution in [0.1, 0.15) is 40.0 Å². The average molecular weight is 283 g/mol. The molecule has 0 aliphatic rings. The van der Waals surface area contributed by atoms with Gasteiger partial charge in [-0.1, -0.05) is 32.9 Å². The average Bonchev–Trinajstić information content (AvgIpc) is 2.39. The summed E-state index contributed by atoms with van der Waals surface area (Å²) in [5, 5.41) is 3.57. The van der Waals surface area contributed by atoms with Crippen molar-refractivity contribution in [2.45, 2.75) is 51.0 Å². The highest BCUT2D eigenvalue weighted by Gasteiger charge is 2.11. The molecule has 19 heavy (non-hydrogen) atoms. The van der Waals surface area contributed by atoms with Crippen molar-refractivity contribution in [2.24, 2.45) is 5.92 Å². The minimum absolute atomic E-state index is 0.106. The van der Waals surface area contributed by atoms with Crippen LogP contribution in [0.4, 0.5) is 4.39 Å². The molecule has 1 N–H and O–H groups in total. The molecule has 0 heterocycles. The molecular weight excluding hydrogens is 257 g/mol. The highest BCUT2D eigenvalue weighted by molar-refractivity contribution is 7.99. The lowest BCUT2D eigenvalue weighted by molar-refractivity contribution is 0.456. The van der Waals surface area contributed by atoms with E-state index in [0.717, 1.165) is 29.5 Å². The quantitative estimate of drug-likeness (QED) is 0.658. The van der Waals surface area contributed by atoms with Crippen molar-refractivity contribution in [3.63, 3.8) is 0 Å². The Morgan fingerprint density at radius 3 is 2.58 bits per heavy atom. The molecule has 1 nitrogen and oxygen atoms in total. The highest BCUT2D eigenvalue weighted by atomic mass is 32.2. The first kappa shape index (κ1) is 16.5. The van der Waals surface area contributed by atoms with Crippen LogP contribution in [0.5, 0.6) is 0 Å². The zero-order chi connectivity index (χ0) is 14.1. The minimum Gasteiger partial charge on any atom is -0.313 e. The maximum Gasteiger partial charge on any atom is 0.136 e. The second-order valence-electron chi connectivity index (χ2n) is 5.36. The number of benzene rings is 1. The smallest absolute Gasteiger partial charge is 0.136 e. The lowest BCUT2D eigenvalue weighted by Crippen LogP contribution is -2.32. The van der Waals surface area contributed by atoms with Crippen LogP contribution in [0.2, 0.25) is 0 Å². The van der Waals surface area contributed by atoms with Gasteiger partial charge in [-0.25, -0.2) is 4.39 Å². The molecule has 0 fully saturated rings. The van der Waals surface area contributed by atoms with Crippen molar-refractivity contribution in [2.75, 3.05) is 12.3 Å². The summed E-state index contributed by atoms with van der Waals surface area (Å²) in [5.41, 5.74) is 0. The Balaban J connectivity index is 2.45. The predicted octanol–water partition coefficient (Wildman–Crippen LogP) is 4.72. The van der Waals surface area contributed by atoms with Crippen LogP contribution < -0.4 is 5.32 Å². The summed E-state index contributed by atoms with van der Waals surface area (Å²) in [6.45, 7) is 7.72. The first-order chi connectivity index (χ1) is 9.13. The van der Waals surface area contributed by atoms with Gasteiger partial charge >= 0.3 is 0 Å². The van der Waals surface area contributed by atoms with E-state index in [9.17, 15) is 4.39 Å². The van der Waals surface area contributed by atoms with Crippen LogP contribution in [0, 0.1) is 11.7 Å². The van der Waals surface area contributed by atoms with Gasteiger partial charge in [-0.05, 0) is 43.9 Å². The van der Waals surface area contributed by atoms with Crippen molar-refractivity contribution in [1.82, 2.24) is 5.32 Å². The van der Waals surface area contributed by atoms with E-state index in [1.807, 2.05) is 12.1 Å². The third kappa shape index (κ3) is 6.98. The summed E-state index contributed by atoms with van der Waals surface area (Å²) in [4.78, 5) is 0.760. The van der Waals surface area contributed by atoms with E-state index in [2.05, 4.69) is 26.1 Å². The Bertz CT molecular complexity index is 354. The summed E-state index contributed by atoms with van der Waals surface area (Å²) in [6, 6.07) is 7.51. The molecule has 0 aliphatic heterocycles. The van der Waals surface area contributed by atoms with Gasteiger partial charge in [-0.15, -0.1) is 11.8 Å². The molecule has 0 aliphatic carbocycles. The summed E-state index contributed by atoms with van der Waals surface area (Å²) < 4.78 is 13.6. The van der Waals surface area contributed by atoms with Gasteiger partial charge in [-0.2, -0.15) is 0 Å². The molecule has 0 spiro atoms. The van der Waals surface area contributed by atoms with E-state index in [0.29, 0.717) is 6.04 Å². The third-order valence-electron chi connectivity index (χ3n) is 3.05. The molecule has 0 radical (unpaired) electrons. The number of hydrogen-bond acceptors (Lipinski definition) is 2. The van der Waals surface area contributed by atoms with Gasteiger partial charge in [0.2, 0.25) is 0 Å². The summed E-state index contributed by atoms with van der Waals surface area (Å²) in [7, 11) is 0. The molecule has 0 bridgehead atoms. The van der Waals surface area contributed by atoms with E-state index in [-0.39, 0.29) is 5.82 Å². The van der Waals surface area contributed by atoms with Crippen LogP contribution in [0.3, 0.4) is 0 Å². The summed E-state index contributed by atoms with van der Waals surface area (Å²) >= 11 is 1.62. The zero-order valence-corrected chi connectivity index (χ0v) is 13.1. The van der Waals surface area contributed by atoms with Crippen LogP contribution in [0.25, 0.3) is 0 Å². The molecule has 108 valence electrons. The molecule has 0 amide bonds. The fourth-order valence-corrected chi connectivity index (χ4v) is 2.93. The number of rotatable bonds is 9. The summed E-state index contributed by atoms with van der Waals surface area (Å²) in [6.07, 6.45) is 3.53. The van der Waals surface area contributed by atoms with Crippen molar-refractivity contribution in [3.8, 4) is 0 Å². The van der Waals surface area contributed by atoms with Gasteiger partial charge in [0.1, 0.15) is 5.82 Å². The Labute approximate surface area is 121 Å². The molecule has 1 aromatic rings. The number of halogens is 1. The maximum atomic E-state index is 13.6. The lowest BCUT2D eigenvalue weighted by Gasteiger charge is -2.19. The number of hydrogen-bond donors (Lipinski definition) is 1. The van der Waals surface area contributed by atoms with Crippen LogP contribution in [-0.2, 0) is 0 Å². The standard InChI is InChI=1S/C16H26FNS/c1-4-11-18-14(10-9-13(2)3)12-19-16-8-6-5-7-15(16)17/h5-8,13-14,18H,4,9-12H2,1-3H3. The first-order valence-electron chi connectivity index (χ1n) is 7.24. The van der Waals surface area contributed by atoms with Gasteiger partial charge in [0.05, 0.1) is 0 Å². The van der Waals surface area contributed by atoms with E-state index in [4.69, 9.17) is 0 Å². The van der Waals surface area contributed by atoms with E-state index >= 15 is 0 Å². The minimum atomic E-state index is -0.106. The molecule has 1 unspecified atom stereocenters. The van der Waals surface area contributed by atoms with Crippen molar-refractivity contribution in [3.05, 3.63) is 30.1 Å². The highest BCUT2D eigenvalue weighted by Crippen LogP contribution is 2.23. The predicted molar refractivity (Wildman–Crippen MR) is 83.3 cm³/mol. The van der Waals surface area contributed by atoms with Gasteiger partial charge in [0.15, 0.2) is 0 Å². The maximum absolute atomic E-state index is 13.6. The van der Waals surface area contributed by atoms with Gasteiger partial charge < -0.3 is 5.32 Å². The topological polar surface area (TPSA) is 12.0 Å². The summed E-state index contributed by atoms with van der Waals surface area (Å²) in [5.74, 6) is 1.56. The monoisotopic (exact) mass is 283 g/mol. The van der Waals surface area contributed by atoms with Crippen molar-refractivity contribution >= 4 is 11.8 Å². The van der Waals surface area contributed by atoms with Crippen LogP contribution in [0.15, 0.2) is 29.2 Å². The van der Waals surface area contributed by atoms with Gasteiger partial charge in [0, 0.05) is 16.7 Å². The van der Waals surface area contributed by atoms with E-state index in [1.54, 1.807) is 17.8 Å². The zero-order valence-electron chi connectivity index (χ0n) is 12.3. The Hall–Kier alpha value is -0.540. The SMILES string of the molecule is CCCNC(CCC(C)C)CSc1ccccc1F. The van der Waals surface area contributed by atoms with Crippen molar-refractivity contribution in [1.29, 1.82) is 0 Å².